The number of aryl methyl sites for hydroxylation is 1. The van der Waals surface area contributed by atoms with Crippen molar-refractivity contribution in [3.8, 4) is 0 Å². The van der Waals surface area contributed by atoms with Crippen LogP contribution in [0.25, 0.3) is 0 Å². The van der Waals surface area contributed by atoms with Crippen LogP contribution in [0.2, 0.25) is 0 Å². The van der Waals surface area contributed by atoms with Gasteiger partial charge in [0.1, 0.15) is 0 Å². The van der Waals surface area contributed by atoms with Crippen LogP contribution in [0.3, 0.4) is 0 Å². The molecule has 1 aliphatic heterocycles. The second-order valence-corrected chi connectivity index (χ2v) is 8.60. The molecule has 1 atom stereocenters. The molecule has 1 nitrogen and oxygen atoms in total. The molecule has 3 aromatic rings. The fourth-order valence-corrected chi connectivity index (χ4v) is 4.78. The molecular formula is C23H21NS2. The second kappa shape index (κ2) is 7.73. The summed E-state index contributed by atoms with van der Waals surface area (Å²) < 4.78 is 0. The number of rotatable bonds is 3. The number of nitrogens with zero attached hydrogens (tertiary/aromatic N) is 1. The van der Waals surface area contributed by atoms with Crippen molar-refractivity contribution in [2.75, 3.05) is 6.26 Å². The lowest BCUT2D eigenvalue weighted by Crippen LogP contribution is -2.05. The van der Waals surface area contributed by atoms with E-state index in [-0.39, 0.29) is 0 Å². The van der Waals surface area contributed by atoms with Gasteiger partial charge in [-0.05, 0) is 48.6 Å². The fraction of sp³-hybridized carbons (Fsp3) is 0.174. The fourth-order valence-electron chi connectivity index (χ4n) is 3.14. The SMILES string of the molecule is CSc1ccc(C2=Nc3ccccc3SC(c3ccc(C)cc3)C2)cc1. The average molecular weight is 376 g/mol. The van der Waals surface area contributed by atoms with E-state index in [1.165, 1.54) is 32.2 Å². The molecule has 26 heavy (non-hydrogen) atoms. The molecule has 0 amide bonds. The van der Waals surface area contributed by atoms with Gasteiger partial charge >= 0.3 is 0 Å². The Labute approximate surface area is 164 Å². The molecule has 1 aliphatic rings. The van der Waals surface area contributed by atoms with Gasteiger partial charge in [-0.15, -0.1) is 23.5 Å². The minimum absolute atomic E-state index is 0.373. The van der Waals surface area contributed by atoms with E-state index in [0.717, 1.165) is 12.1 Å². The quantitative estimate of drug-likeness (QED) is 0.454. The van der Waals surface area contributed by atoms with E-state index in [1.807, 2.05) is 11.8 Å². The van der Waals surface area contributed by atoms with E-state index in [2.05, 4.69) is 86.0 Å². The zero-order valence-corrected chi connectivity index (χ0v) is 16.6. The first kappa shape index (κ1) is 17.4. The number of hydrogen-bond donors (Lipinski definition) is 0. The Balaban J connectivity index is 1.76. The molecule has 3 heteroatoms. The number of fused-ring (bicyclic) bond motifs is 1. The highest BCUT2D eigenvalue weighted by Gasteiger charge is 2.22. The Kier molecular flexibility index (Phi) is 5.18. The molecule has 1 heterocycles. The zero-order chi connectivity index (χ0) is 17.9. The second-order valence-electron chi connectivity index (χ2n) is 6.48. The van der Waals surface area contributed by atoms with Crippen LogP contribution in [-0.2, 0) is 0 Å². The lowest BCUT2D eigenvalue weighted by Gasteiger charge is -2.16. The Morgan fingerprint density at radius 2 is 1.65 bits per heavy atom. The highest BCUT2D eigenvalue weighted by molar-refractivity contribution is 7.99. The molecule has 130 valence electrons. The summed E-state index contributed by atoms with van der Waals surface area (Å²) in [4.78, 5) is 7.59. The molecule has 3 aromatic carbocycles. The van der Waals surface area contributed by atoms with Gasteiger partial charge in [-0.1, -0.05) is 54.1 Å². The molecule has 0 spiro atoms. The Hall–Kier alpha value is -1.97. The summed E-state index contributed by atoms with van der Waals surface area (Å²) >= 11 is 3.70. The maximum absolute atomic E-state index is 5.05. The maximum atomic E-state index is 5.05. The molecule has 1 unspecified atom stereocenters. The first-order chi connectivity index (χ1) is 12.7. The minimum Gasteiger partial charge on any atom is -0.252 e. The molecular weight excluding hydrogens is 354 g/mol. The standard InChI is InChI=1S/C23H21NS2/c1-16-7-9-18(10-8-16)23-15-21(17-11-13-19(25-2)14-12-17)24-20-5-3-4-6-22(20)26-23/h3-14,23H,15H2,1-2H3. The van der Waals surface area contributed by atoms with Gasteiger partial charge in [0, 0.05) is 27.2 Å². The smallest absolute Gasteiger partial charge is 0.0769 e. The van der Waals surface area contributed by atoms with E-state index in [0.29, 0.717) is 5.25 Å². The van der Waals surface area contributed by atoms with Crippen molar-refractivity contribution < 1.29 is 0 Å². The van der Waals surface area contributed by atoms with Crippen LogP contribution in [-0.4, -0.2) is 12.0 Å². The maximum Gasteiger partial charge on any atom is 0.0769 e. The topological polar surface area (TPSA) is 12.4 Å². The van der Waals surface area contributed by atoms with E-state index in [9.17, 15) is 0 Å². The van der Waals surface area contributed by atoms with Gasteiger partial charge in [0.15, 0.2) is 0 Å². The van der Waals surface area contributed by atoms with Gasteiger partial charge in [-0.3, -0.25) is 4.99 Å². The van der Waals surface area contributed by atoms with Crippen LogP contribution in [0.4, 0.5) is 5.69 Å². The van der Waals surface area contributed by atoms with Crippen molar-refractivity contribution >= 4 is 34.9 Å². The summed E-state index contributed by atoms with van der Waals surface area (Å²) in [5.41, 5.74) is 6.13. The Morgan fingerprint density at radius 1 is 0.923 bits per heavy atom. The lowest BCUT2D eigenvalue weighted by atomic mass is 10.0. The highest BCUT2D eigenvalue weighted by Crippen LogP contribution is 2.45. The summed E-state index contributed by atoms with van der Waals surface area (Å²) in [7, 11) is 0. The number of aliphatic imine (C=N–C) groups is 1. The monoisotopic (exact) mass is 375 g/mol. The van der Waals surface area contributed by atoms with Gasteiger partial charge in [0.05, 0.1) is 5.69 Å². The molecule has 0 aromatic heterocycles. The van der Waals surface area contributed by atoms with Crippen molar-refractivity contribution in [3.63, 3.8) is 0 Å². The van der Waals surface area contributed by atoms with Gasteiger partial charge < -0.3 is 0 Å². The summed E-state index contributed by atoms with van der Waals surface area (Å²) in [5.74, 6) is 0. The van der Waals surface area contributed by atoms with Crippen molar-refractivity contribution in [3.05, 3.63) is 89.5 Å². The van der Waals surface area contributed by atoms with Crippen LogP contribution in [0.5, 0.6) is 0 Å². The molecule has 0 saturated carbocycles. The molecule has 0 aliphatic carbocycles. The third-order valence-corrected chi connectivity index (χ3v) is 6.71. The Morgan fingerprint density at radius 3 is 2.38 bits per heavy atom. The summed E-state index contributed by atoms with van der Waals surface area (Å²) in [6, 6.07) is 26.2. The van der Waals surface area contributed by atoms with Gasteiger partial charge in [0.2, 0.25) is 0 Å². The molecule has 0 bridgehead atoms. The van der Waals surface area contributed by atoms with E-state index in [4.69, 9.17) is 4.99 Å². The molecule has 4 rings (SSSR count). The normalized spacial score (nSPS) is 16.5. The summed E-state index contributed by atoms with van der Waals surface area (Å²) in [6.07, 6.45) is 3.04. The summed E-state index contributed by atoms with van der Waals surface area (Å²) in [5, 5.41) is 0.373. The van der Waals surface area contributed by atoms with Crippen molar-refractivity contribution in [2.45, 2.75) is 28.4 Å². The average Bonchev–Trinajstić information content (AvgIpc) is 2.88. The highest BCUT2D eigenvalue weighted by atomic mass is 32.2. The largest absolute Gasteiger partial charge is 0.252 e. The van der Waals surface area contributed by atoms with Crippen molar-refractivity contribution in [2.24, 2.45) is 4.99 Å². The van der Waals surface area contributed by atoms with Crippen LogP contribution >= 0.6 is 23.5 Å². The number of thioether (sulfide) groups is 2. The van der Waals surface area contributed by atoms with E-state index < -0.39 is 0 Å². The first-order valence-electron chi connectivity index (χ1n) is 8.77. The van der Waals surface area contributed by atoms with E-state index in [1.54, 1.807) is 11.8 Å². The molecule has 0 N–H and O–H groups in total. The van der Waals surface area contributed by atoms with Crippen LogP contribution in [0.15, 0.2) is 87.6 Å². The molecule has 0 radical (unpaired) electrons. The predicted molar refractivity (Wildman–Crippen MR) is 115 cm³/mol. The first-order valence-corrected chi connectivity index (χ1v) is 10.9. The van der Waals surface area contributed by atoms with Crippen molar-refractivity contribution in [1.82, 2.24) is 0 Å². The number of para-hydroxylation sites is 1. The van der Waals surface area contributed by atoms with Crippen LogP contribution < -0.4 is 0 Å². The number of benzene rings is 3. The van der Waals surface area contributed by atoms with Crippen molar-refractivity contribution in [1.29, 1.82) is 0 Å². The van der Waals surface area contributed by atoms with Crippen LogP contribution in [0.1, 0.15) is 28.4 Å². The van der Waals surface area contributed by atoms with E-state index >= 15 is 0 Å². The van der Waals surface area contributed by atoms with Gasteiger partial charge in [-0.25, -0.2) is 0 Å². The van der Waals surface area contributed by atoms with Crippen LogP contribution in [0, 0.1) is 6.92 Å². The minimum atomic E-state index is 0.373. The molecule has 0 fully saturated rings. The lowest BCUT2D eigenvalue weighted by molar-refractivity contribution is 1.01. The zero-order valence-electron chi connectivity index (χ0n) is 15.0. The third kappa shape index (κ3) is 3.74. The third-order valence-electron chi connectivity index (χ3n) is 4.64. The Bertz CT molecular complexity index is 927. The van der Waals surface area contributed by atoms with Gasteiger partial charge in [0.25, 0.3) is 0 Å². The van der Waals surface area contributed by atoms with Gasteiger partial charge in [-0.2, -0.15) is 0 Å². The predicted octanol–water partition coefficient (Wildman–Crippen LogP) is 7.07. The number of hydrogen-bond acceptors (Lipinski definition) is 3. The molecule has 0 saturated heterocycles. The summed E-state index contributed by atoms with van der Waals surface area (Å²) in [6.45, 7) is 2.14.